The van der Waals surface area contributed by atoms with Crippen molar-refractivity contribution in [3.8, 4) is 0 Å². The second-order valence-electron chi connectivity index (χ2n) is 8.06. The van der Waals surface area contributed by atoms with Crippen molar-refractivity contribution in [1.29, 1.82) is 0 Å². The Bertz CT molecular complexity index is 878. The van der Waals surface area contributed by atoms with Crippen molar-refractivity contribution in [2.24, 2.45) is 5.92 Å². The van der Waals surface area contributed by atoms with E-state index < -0.39 is 0 Å². The normalized spacial score (nSPS) is 16.2. The fraction of sp³-hybridized carbons (Fsp3) is 0.650. The Morgan fingerprint density at radius 3 is 2.68 bits per heavy atom. The molecule has 8 nitrogen and oxygen atoms in total. The van der Waals surface area contributed by atoms with Crippen LogP contribution in [-0.2, 0) is 6.54 Å². The first-order valence-corrected chi connectivity index (χ1v) is 10.0. The van der Waals surface area contributed by atoms with Gasteiger partial charge in [-0.3, -0.25) is 14.2 Å². The van der Waals surface area contributed by atoms with E-state index in [1.165, 1.54) is 6.33 Å². The smallest absolute Gasteiger partial charge is 0.265 e. The van der Waals surface area contributed by atoms with Gasteiger partial charge in [0.25, 0.3) is 11.5 Å². The molecule has 0 saturated carbocycles. The van der Waals surface area contributed by atoms with Gasteiger partial charge in [-0.1, -0.05) is 13.8 Å². The molecule has 8 heteroatoms. The Kier molecular flexibility index (Phi) is 6.51. The SMILES string of the molecule is Cc1oc2ncn(CC(C)C)c(=O)c2c1C(=O)NCCCN1CCN(C)CC1. The molecular weight excluding hydrogens is 358 g/mol. The highest BCUT2D eigenvalue weighted by Crippen LogP contribution is 2.20. The summed E-state index contributed by atoms with van der Waals surface area (Å²) in [4.78, 5) is 34.6. The third-order valence-electron chi connectivity index (χ3n) is 5.18. The second-order valence-corrected chi connectivity index (χ2v) is 8.06. The number of hydrogen-bond donors (Lipinski definition) is 1. The van der Waals surface area contributed by atoms with Gasteiger partial charge >= 0.3 is 0 Å². The van der Waals surface area contributed by atoms with Crippen LogP contribution in [0.5, 0.6) is 0 Å². The Balaban J connectivity index is 1.66. The third kappa shape index (κ3) is 4.62. The summed E-state index contributed by atoms with van der Waals surface area (Å²) in [7, 11) is 2.14. The minimum absolute atomic E-state index is 0.224. The van der Waals surface area contributed by atoms with Gasteiger partial charge in [-0.15, -0.1) is 0 Å². The topological polar surface area (TPSA) is 83.6 Å². The van der Waals surface area contributed by atoms with Gasteiger partial charge < -0.3 is 19.5 Å². The molecule has 0 spiro atoms. The third-order valence-corrected chi connectivity index (χ3v) is 5.18. The van der Waals surface area contributed by atoms with E-state index in [1.807, 2.05) is 13.8 Å². The van der Waals surface area contributed by atoms with E-state index in [0.717, 1.165) is 39.1 Å². The van der Waals surface area contributed by atoms with Crippen LogP contribution in [0.25, 0.3) is 11.1 Å². The zero-order valence-electron chi connectivity index (χ0n) is 17.3. The predicted molar refractivity (Wildman–Crippen MR) is 109 cm³/mol. The van der Waals surface area contributed by atoms with Gasteiger partial charge in [0.15, 0.2) is 0 Å². The van der Waals surface area contributed by atoms with Crippen molar-refractivity contribution in [2.75, 3.05) is 46.3 Å². The molecule has 0 aliphatic carbocycles. The molecule has 0 radical (unpaired) electrons. The molecule has 154 valence electrons. The summed E-state index contributed by atoms with van der Waals surface area (Å²) >= 11 is 0. The number of furan rings is 1. The number of hydrogen-bond acceptors (Lipinski definition) is 6. The molecule has 0 bridgehead atoms. The van der Waals surface area contributed by atoms with Crippen LogP contribution in [0.3, 0.4) is 0 Å². The number of aromatic nitrogens is 2. The Labute approximate surface area is 165 Å². The molecule has 2 aromatic rings. The molecule has 2 aromatic heterocycles. The lowest BCUT2D eigenvalue weighted by molar-refractivity contribution is 0.0949. The van der Waals surface area contributed by atoms with Crippen LogP contribution >= 0.6 is 0 Å². The molecule has 0 aromatic carbocycles. The van der Waals surface area contributed by atoms with Crippen LogP contribution in [0, 0.1) is 12.8 Å². The zero-order valence-corrected chi connectivity index (χ0v) is 17.3. The van der Waals surface area contributed by atoms with Gasteiger partial charge in [0.2, 0.25) is 5.71 Å². The predicted octanol–water partition coefficient (Wildman–Crippen LogP) is 1.32. The molecule has 1 fully saturated rings. The van der Waals surface area contributed by atoms with Crippen molar-refractivity contribution in [1.82, 2.24) is 24.7 Å². The van der Waals surface area contributed by atoms with E-state index >= 15 is 0 Å². The second kappa shape index (κ2) is 8.87. The van der Waals surface area contributed by atoms with Gasteiger partial charge in [0.05, 0.1) is 5.56 Å². The Hall–Kier alpha value is -2.19. The van der Waals surface area contributed by atoms with Gasteiger partial charge in [-0.2, -0.15) is 0 Å². The summed E-state index contributed by atoms with van der Waals surface area (Å²) in [6.45, 7) is 12.2. The van der Waals surface area contributed by atoms with E-state index in [0.29, 0.717) is 30.3 Å². The highest BCUT2D eigenvalue weighted by atomic mass is 16.3. The summed E-state index contributed by atoms with van der Waals surface area (Å²) in [6.07, 6.45) is 2.37. The lowest BCUT2D eigenvalue weighted by Gasteiger charge is -2.32. The molecule has 1 saturated heterocycles. The molecule has 1 amide bonds. The van der Waals surface area contributed by atoms with E-state index in [1.54, 1.807) is 11.5 Å². The maximum Gasteiger partial charge on any atom is 0.265 e. The zero-order chi connectivity index (χ0) is 20.3. The maximum absolute atomic E-state index is 12.8. The van der Waals surface area contributed by atoms with Gasteiger partial charge in [0, 0.05) is 39.3 Å². The van der Waals surface area contributed by atoms with Crippen molar-refractivity contribution in [3.63, 3.8) is 0 Å². The Morgan fingerprint density at radius 1 is 1.29 bits per heavy atom. The number of carbonyl (C=O) groups excluding carboxylic acids is 1. The minimum Gasteiger partial charge on any atom is -0.442 e. The van der Waals surface area contributed by atoms with Crippen molar-refractivity contribution < 1.29 is 9.21 Å². The van der Waals surface area contributed by atoms with Gasteiger partial charge in [-0.25, -0.2) is 4.98 Å². The van der Waals surface area contributed by atoms with Crippen LogP contribution in [0.2, 0.25) is 0 Å². The molecule has 1 aliphatic rings. The van der Waals surface area contributed by atoms with Crippen molar-refractivity contribution in [2.45, 2.75) is 33.7 Å². The highest BCUT2D eigenvalue weighted by molar-refractivity contribution is 6.06. The summed E-state index contributed by atoms with van der Waals surface area (Å²) in [5, 5.41) is 3.22. The Morgan fingerprint density at radius 2 is 2.00 bits per heavy atom. The standard InChI is InChI=1S/C20H31N5O3/c1-14(2)12-25-13-22-19-17(20(25)27)16(15(3)28-19)18(26)21-6-5-7-24-10-8-23(4)9-11-24/h13-14H,5-12H2,1-4H3,(H,21,26). The van der Waals surface area contributed by atoms with E-state index in [-0.39, 0.29) is 22.6 Å². The fourth-order valence-electron chi connectivity index (χ4n) is 3.60. The lowest BCUT2D eigenvalue weighted by atomic mass is 10.1. The molecular formula is C20H31N5O3. The molecule has 1 aliphatic heterocycles. The number of piperazine rings is 1. The van der Waals surface area contributed by atoms with E-state index in [4.69, 9.17) is 4.42 Å². The highest BCUT2D eigenvalue weighted by Gasteiger charge is 2.23. The average molecular weight is 390 g/mol. The summed E-state index contributed by atoms with van der Waals surface area (Å²) < 4.78 is 7.12. The molecule has 28 heavy (non-hydrogen) atoms. The summed E-state index contributed by atoms with van der Waals surface area (Å²) in [5.41, 5.74) is 0.313. The molecule has 1 N–H and O–H groups in total. The number of fused-ring (bicyclic) bond motifs is 1. The van der Waals surface area contributed by atoms with Gasteiger partial charge in [0.1, 0.15) is 17.5 Å². The van der Waals surface area contributed by atoms with Crippen LogP contribution in [0.15, 0.2) is 15.5 Å². The first kappa shape index (κ1) is 20.5. The average Bonchev–Trinajstić information content (AvgIpc) is 2.99. The number of amides is 1. The quantitative estimate of drug-likeness (QED) is 0.719. The fourth-order valence-corrected chi connectivity index (χ4v) is 3.60. The molecule has 3 rings (SSSR count). The van der Waals surface area contributed by atoms with Gasteiger partial charge in [-0.05, 0) is 32.9 Å². The number of nitrogens with zero attached hydrogens (tertiary/aromatic N) is 4. The van der Waals surface area contributed by atoms with Crippen LogP contribution < -0.4 is 10.9 Å². The van der Waals surface area contributed by atoms with E-state index in [2.05, 4.69) is 27.1 Å². The maximum atomic E-state index is 12.8. The monoisotopic (exact) mass is 389 g/mol. The number of nitrogens with one attached hydrogen (secondary N) is 1. The first-order chi connectivity index (χ1) is 13.4. The lowest BCUT2D eigenvalue weighted by Crippen LogP contribution is -2.45. The van der Waals surface area contributed by atoms with Crippen molar-refractivity contribution >= 4 is 17.0 Å². The van der Waals surface area contributed by atoms with Crippen molar-refractivity contribution in [3.05, 3.63) is 28.0 Å². The van der Waals surface area contributed by atoms with Crippen LogP contribution in [-0.4, -0.2) is 71.6 Å². The van der Waals surface area contributed by atoms with E-state index in [9.17, 15) is 9.59 Å². The minimum atomic E-state index is -0.268. The van der Waals surface area contributed by atoms with Crippen LogP contribution in [0.4, 0.5) is 0 Å². The number of rotatable bonds is 7. The largest absolute Gasteiger partial charge is 0.442 e. The number of aryl methyl sites for hydroxylation is 1. The summed E-state index contributed by atoms with van der Waals surface area (Å²) in [6, 6.07) is 0. The van der Waals surface area contributed by atoms with Crippen LogP contribution in [0.1, 0.15) is 36.4 Å². The molecule has 0 atom stereocenters. The summed E-state index contributed by atoms with van der Waals surface area (Å²) in [5.74, 6) is 0.464. The number of carbonyl (C=O) groups is 1. The first-order valence-electron chi connectivity index (χ1n) is 10.0. The number of likely N-dealkylation sites (N-methyl/N-ethyl adjacent to an activating group) is 1. The molecule has 0 unspecified atom stereocenters. The molecule has 3 heterocycles.